The van der Waals surface area contributed by atoms with Gasteiger partial charge in [0.25, 0.3) is 0 Å². The van der Waals surface area contributed by atoms with Gasteiger partial charge in [0, 0.05) is 16.4 Å². The van der Waals surface area contributed by atoms with Crippen LogP contribution in [0.4, 0.5) is 9.93 Å². The molecule has 2 rings (SSSR count). The fourth-order valence-electron chi connectivity index (χ4n) is 1.38. The van der Waals surface area contributed by atoms with Crippen LogP contribution in [0.2, 0.25) is 0 Å². The third-order valence-corrected chi connectivity index (χ3v) is 3.55. The van der Waals surface area contributed by atoms with Gasteiger partial charge in [0.05, 0.1) is 5.69 Å². The van der Waals surface area contributed by atoms with Crippen molar-refractivity contribution in [3.05, 3.63) is 45.4 Å². The van der Waals surface area contributed by atoms with Gasteiger partial charge in [-0.05, 0) is 24.6 Å². The molecule has 94 valence electrons. The van der Waals surface area contributed by atoms with Gasteiger partial charge in [0.2, 0.25) is 0 Å². The maximum atomic E-state index is 11.6. The van der Waals surface area contributed by atoms with Crippen molar-refractivity contribution >= 4 is 38.4 Å². The maximum Gasteiger partial charge on any atom is 0.321 e. The molecule has 0 atom stereocenters. The highest BCUT2D eigenvalue weighted by Crippen LogP contribution is 2.14. The third kappa shape index (κ3) is 3.82. The number of rotatable bonds is 3. The van der Waals surface area contributed by atoms with Crippen LogP contribution in [0.5, 0.6) is 0 Å². The number of carbonyl (C=O) groups is 1. The molecule has 0 radical (unpaired) electrons. The van der Waals surface area contributed by atoms with Gasteiger partial charge in [0.15, 0.2) is 5.13 Å². The molecule has 18 heavy (non-hydrogen) atoms. The molecule has 0 saturated carbocycles. The number of hydrogen-bond acceptors (Lipinski definition) is 3. The van der Waals surface area contributed by atoms with Gasteiger partial charge in [-0.25, -0.2) is 9.78 Å². The monoisotopic (exact) mass is 325 g/mol. The number of hydrogen-bond donors (Lipinski definition) is 2. The van der Waals surface area contributed by atoms with E-state index in [0.29, 0.717) is 11.7 Å². The standard InChI is InChI=1S/C12H12BrN3OS/c1-8-7-18-12(15-8)16-11(17)14-6-9-3-2-4-10(13)5-9/h2-5,7H,6H2,1H3,(H2,14,15,16,17). The fourth-order valence-corrected chi connectivity index (χ4v) is 2.51. The van der Waals surface area contributed by atoms with Crippen molar-refractivity contribution in [1.82, 2.24) is 10.3 Å². The van der Waals surface area contributed by atoms with Crippen molar-refractivity contribution in [2.45, 2.75) is 13.5 Å². The molecule has 2 amide bonds. The average molecular weight is 326 g/mol. The van der Waals surface area contributed by atoms with Crippen LogP contribution < -0.4 is 10.6 Å². The van der Waals surface area contributed by atoms with E-state index in [9.17, 15) is 4.79 Å². The van der Waals surface area contributed by atoms with Gasteiger partial charge in [-0.1, -0.05) is 28.1 Å². The van der Waals surface area contributed by atoms with Gasteiger partial charge in [-0.15, -0.1) is 11.3 Å². The Morgan fingerprint density at radius 1 is 1.50 bits per heavy atom. The maximum absolute atomic E-state index is 11.6. The Labute approximate surface area is 118 Å². The van der Waals surface area contributed by atoms with E-state index in [2.05, 4.69) is 31.5 Å². The van der Waals surface area contributed by atoms with Crippen LogP contribution >= 0.6 is 27.3 Å². The summed E-state index contributed by atoms with van der Waals surface area (Å²) in [4.78, 5) is 15.8. The first-order valence-corrected chi connectivity index (χ1v) is 7.02. The number of anilines is 1. The number of nitrogens with zero attached hydrogens (tertiary/aromatic N) is 1. The lowest BCUT2D eigenvalue weighted by atomic mass is 10.2. The molecule has 2 aromatic rings. The zero-order valence-electron chi connectivity index (χ0n) is 9.74. The molecule has 0 aliphatic carbocycles. The quantitative estimate of drug-likeness (QED) is 0.906. The second kappa shape index (κ2) is 5.97. The molecule has 4 nitrogen and oxygen atoms in total. The summed E-state index contributed by atoms with van der Waals surface area (Å²) in [6.07, 6.45) is 0. The topological polar surface area (TPSA) is 54.0 Å². The van der Waals surface area contributed by atoms with Crippen molar-refractivity contribution in [3.63, 3.8) is 0 Å². The van der Waals surface area contributed by atoms with Gasteiger partial charge in [0.1, 0.15) is 0 Å². The summed E-state index contributed by atoms with van der Waals surface area (Å²) in [5.74, 6) is 0. The summed E-state index contributed by atoms with van der Waals surface area (Å²) < 4.78 is 0.998. The molecule has 0 unspecified atom stereocenters. The lowest BCUT2D eigenvalue weighted by molar-refractivity contribution is 0.251. The largest absolute Gasteiger partial charge is 0.334 e. The lowest BCUT2D eigenvalue weighted by Gasteiger charge is -2.05. The van der Waals surface area contributed by atoms with Crippen molar-refractivity contribution < 1.29 is 4.79 Å². The Bertz CT molecular complexity index is 556. The minimum atomic E-state index is -0.246. The Hall–Kier alpha value is -1.40. The summed E-state index contributed by atoms with van der Waals surface area (Å²) in [7, 11) is 0. The summed E-state index contributed by atoms with van der Waals surface area (Å²) in [6, 6.07) is 7.56. The summed E-state index contributed by atoms with van der Waals surface area (Å²) in [5, 5.41) is 7.98. The zero-order valence-corrected chi connectivity index (χ0v) is 12.1. The Balaban J connectivity index is 1.85. The highest BCUT2D eigenvalue weighted by Gasteiger charge is 2.04. The SMILES string of the molecule is Cc1csc(NC(=O)NCc2cccc(Br)c2)n1. The predicted molar refractivity (Wildman–Crippen MR) is 76.9 cm³/mol. The number of amides is 2. The van der Waals surface area contributed by atoms with Crippen LogP contribution in [0.1, 0.15) is 11.3 Å². The smallest absolute Gasteiger partial charge is 0.321 e. The summed E-state index contributed by atoms with van der Waals surface area (Å²) >= 11 is 4.80. The molecule has 0 fully saturated rings. The van der Waals surface area contributed by atoms with E-state index in [1.165, 1.54) is 11.3 Å². The van der Waals surface area contributed by atoms with Gasteiger partial charge in [-0.3, -0.25) is 5.32 Å². The molecule has 0 bridgehead atoms. The van der Waals surface area contributed by atoms with Gasteiger partial charge < -0.3 is 5.32 Å². The van der Waals surface area contributed by atoms with E-state index in [1.807, 2.05) is 36.6 Å². The molecular weight excluding hydrogens is 314 g/mol. The predicted octanol–water partition coefficient (Wildman–Crippen LogP) is 3.54. The minimum Gasteiger partial charge on any atom is -0.334 e. The molecule has 2 N–H and O–H groups in total. The van der Waals surface area contributed by atoms with Crippen molar-refractivity contribution in [3.8, 4) is 0 Å². The molecule has 6 heteroatoms. The van der Waals surface area contributed by atoms with Crippen LogP contribution in [0, 0.1) is 6.92 Å². The van der Waals surface area contributed by atoms with E-state index in [4.69, 9.17) is 0 Å². The van der Waals surface area contributed by atoms with Crippen molar-refractivity contribution in [1.29, 1.82) is 0 Å². The number of thiazole rings is 1. The van der Waals surface area contributed by atoms with Crippen LogP contribution in [0.25, 0.3) is 0 Å². The van der Waals surface area contributed by atoms with Crippen LogP contribution in [-0.4, -0.2) is 11.0 Å². The van der Waals surface area contributed by atoms with E-state index >= 15 is 0 Å². The molecule has 0 saturated heterocycles. The van der Waals surface area contributed by atoms with Gasteiger partial charge >= 0.3 is 6.03 Å². The number of halogens is 1. The number of carbonyl (C=O) groups excluding carboxylic acids is 1. The highest BCUT2D eigenvalue weighted by atomic mass is 79.9. The lowest BCUT2D eigenvalue weighted by Crippen LogP contribution is -2.28. The number of aromatic nitrogens is 1. The number of urea groups is 1. The molecule has 1 aromatic heterocycles. The van der Waals surface area contributed by atoms with Crippen molar-refractivity contribution in [2.75, 3.05) is 5.32 Å². The number of nitrogens with one attached hydrogen (secondary N) is 2. The Morgan fingerprint density at radius 3 is 3.00 bits per heavy atom. The van der Waals surface area contributed by atoms with E-state index in [0.717, 1.165) is 15.7 Å². The molecule has 0 spiro atoms. The van der Waals surface area contributed by atoms with Crippen molar-refractivity contribution in [2.24, 2.45) is 0 Å². The number of benzene rings is 1. The van der Waals surface area contributed by atoms with E-state index in [-0.39, 0.29) is 6.03 Å². The van der Waals surface area contributed by atoms with E-state index in [1.54, 1.807) is 0 Å². The van der Waals surface area contributed by atoms with Crippen LogP contribution in [0.3, 0.4) is 0 Å². The number of aryl methyl sites for hydroxylation is 1. The fraction of sp³-hybridized carbons (Fsp3) is 0.167. The van der Waals surface area contributed by atoms with Gasteiger partial charge in [-0.2, -0.15) is 0 Å². The van der Waals surface area contributed by atoms with Crippen LogP contribution in [0.15, 0.2) is 34.1 Å². The Morgan fingerprint density at radius 2 is 2.33 bits per heavy atom. The molecule has 0 aliphatic heterocycles. The summed E-state index contributed by atoms with van der Waals surface area (Å²) in [6.45, 7) is 2.37. The first-order valence-electron chi connectivity index (χ1n) is 5.35. The highest BCUT2D eigenvalue weighted by molar-refractivity contribution is 9.10. The molecule has 1 aromatic carbocycles. The second-order valence-corrected chi connectivity index (χ2v) is 5.51. The zero-order chi connectivity index (χ0) is 13.0. The summed E-state index contributed by atoms with van der Waals surface area (Å²) in [5.41, 5.74) is 1.94. The third-order valence-electron chi connectivity index (χ3n) is 2.18. The molecule has 1 heterocycles. The normalized spacial score (nSPS) is 10.1. The minimum absolute atomic E-state index is 0.246. The first-order chi connectivity index (χ1) is 8.63. The Kier molecular flexibility index (Phi) is 4.33. The second-order valence-electron chi connectivity index (χ2n) is 3.73. The molecule has 0 aliphatic rings. The van der Waals surface area contributed by atoms with E-state index < -0.39 is 0 Å². The molecular formula is C12H12BrN3OS. The average Bonchev–Trinajstić information content (AvgIpc) is 2.72. The first kappa shape index (κ1) is 13.0. The van der Waals surface area contributed by atoms with Crippen LogP contribution in [-0.2, 0) is 6.54 Å².